The van der Waals surface area contributed by atoms with Gasteiger partial charge in [-0.3, -0.25) is 0 Å². The van der Waals surface area contributed by atoms with Crippen LogP contribution in [0, 0.1) is 0 Å². The summed E-state index contributed by atoms with van der Waals surface area (Å²) in [6.45, 7) is 12.5. The molecule has 0 aliphatic heterocycles. The van der Waals surface area contributed by atoms with Crippen LogP contribution in [0.3, 0.4) is 0 Å². The second kappa shape index (κ2) is 9.38. The van der Waals surface area contributed by atoms with Crippen molar-refractivity contribution in [1.82, 2.24) is 0 Å². The van der Waals surface area contributed by atoms with Gasteiger partial charge < -0.3 is 0 Å². The molecule has 0 heterocycles. The van der Waals surface area contributed by atoms with E-state index in [9.17, 15) is 0 Å². The van der Waals surface area contributed by atoms with E-state index in [2.05, 4.69) is 74.5 Å². The van der Waals surface area contributed by atoms with E-state index in [-0.39, 0.29) is 5.41 Å². The summed E-state index contributed by atoms with van der Waals surface area (Å²) in [5.41, 5.74) is 2.80. The van der Waals surface area contributed by atoms with Crippen LogP contribution in [-0.4, -0.2) is 0 Å². The molecule has 0 saturated carbocycles. The molecule has 0 unspecified atom stereocenters. The molecule has 0 fully saturated rings. The van der Waals surface area contributed by atoms with E-state index >= 15 is 0 Å². The smallest absolute Gasteiger partial charge is 0.0146 e. The molecule has 0 nitrogen and oxygen atoms in total. The van der Waals surface area contributed by atoms with Crippen LogP contribution in [0.15, 0.2) is 60.7 Å². The highest BCUT2D eigenvalue weighted by molar-refractivity contribution is 5.36. The summed E-state index contributed by atoms with van der Waals surface area (Å²) in [6, 6.07) is 21.3. The summed E-state index contributed by atoms with van der Waals surface area (Å²) in [4.78, 5) is 0. The van der Waals surface area contributed by atoms with Gasteiger partial charge in [-0.05, 0) is 11.1 Å². The second-order valence-electron chi connectivity index (χ2n) is 4.36. The molecule has 0 atom stereocenters. The molecule has 0 amide bonds. The molecule has 0 saturated heterocycles. The van der Waals surface area contributed by atoms with Gasteiger partial charge in [-0.2, -0.15) is 0 Å². The Morgan fingerprint density at radius 2 is 0.789 bits per heavy atom. The van der Waals surface area contributed by atoms with E-state index in [1.54, 1.807) is 0 Å². The summed E-state index contributed by atoms with van der Waals surface area (Å²) >= 11 is 0. The highest BCUT2D eigenvalue weighted by Gasteiger charge is 2.21. The summed E-state index contributed by atoms with van der Waals surface area (Å²) in [5, 5.41) is 0. The molecule has 0 radical (unpaired) electrons. The van der Waals surface area contributed by atoms with Crippen molar-refractivity contribution in [2.75, 3.05) is 0 Å². The van der Waals surface area contributed by atoms with Gasteiger partial charge >= 0.3 is 0 Å². The fourth-order valence-corrected chi connectivity index (χ4v) is 1.88. The second-order valence-corrected chi connectivity index (χ2v) is 4.36. The zero-order chi connectivity index (χ0) is 14.7. The Labute approximate surface area is 119 Å². The molecule has 0 bridgehead atoms. The van der Waals surface area contributed by atoms with Gasteiger partial charge in [0, 0.05) is 5.41 Å². The lowest BCUT2D eigenvalue weighted by Gasteiger charge is -2.25. The molecular formula is C19H28. The minimum atomic E-state index is 0.0858. The predicted octanol–water partition coefficient (Wildman–Crippen LogP) is 6.06. The molecule has 0 heteroatoms. The van der Waals surface area contributed by atoms with E-state index in [0.29, 0.717) is 0 Å². The first kappa shape index (κ1) is 17.4. The maximum Gasteiger partial charge on any atom is 0.0146 e. The van der Waals surface area contributed by atoms with Gasteiger partial charge in [0.15, 0.2) is 0 Å². The number of rotatable bonds is 2. The SMILES string of the molecule is CC.CC.CC(C)(c1ccccc1)c1ccccc1. The maximum atomic E-state index is 2.26. The number of hydrogen-bond acceptors (Lipinski definition) is 0. The van der Waals surface area contributed by atoms with Crippen LogP contribution in [0.25, 0.3) is 0 Å². The van der Waals surface area contributed by atoms with Crippen molar-refractivity contribution in [3.63, 3.8) is 0 Å². The van der Waals surface area contributed by atoms with Crippen LogP contribution in [0.2, 0.25) is 0 Å². The van der Waals surface area contributed by atoms with Gasteiger partial charge in [-0.15, -0.1) is 0 Å². The van der Waals surface area contributed by atoms with Crippen molar-refractivity contribution in [2.45, 2.75) is 47.0 Å². The zero-order valence-corrected chi connectivity index (χ0v) is 13.3. The maximum absolute atomic E-state index is 2.26. The van der Waals surface area contributed by atoms with Gasteiger partial charge in [0.05, 0.1) is 0 Å². The highest BCUT2D eigenvalue weighted by Crippen LogP contribution is 2.30. The van der Waals surface area contributed by atoms with E-state index in [0.717, 1.165) is 0 Å². The van der Waals surface area contributed by atoms with Crippen LogP contribution in [0.5, 0.6) is 0 Å². The lowest BCUT2D eigenvalue weighted by molar-refractivity contribution is 0.641. The summed E-state index contributed by atoms with van der Waals surface area (Å²) in [7, 11) is 0. The fraction of sp³-hybridized carbons (Fsp3) is 0.368. The molecule has 0 aromatic heterocycles. The first-order valence-corrected chi connectivity index (χ1v) is 7.32. The van der Waals surface area contributed by atoms with Crippen molar-refractivity contribution in [3.8, 4) is 0 Å². The molecule has 2 rings (SSSR count). The molecule has 0 aliphatic rings. The molecular weight excluding hydrogens is 228 g/mol. The lowest BCUT2D eigenvalue weighted by Crippen LogP contribution is -2.18. The van der Waals surface area contributed by atoms with Crippen molar-refractivity contribution < 1.29 is 0 Å². The van der Waals surface area contributed by atoms with Crippen LogP contribution in [-0.2, 0) is 5.41 Å². The Hall–Kier alpha value is -1.56. The lowest BCUT2D eigenvalue weighted by atomic mass is 9.78. The molecule has 2 aromatic rings. The standard InChI is InChI=1S/C15H16.2C2H6/c1-15(2,13-9-5-3-6-10-13)14-11-7-4-8-12-14;2*1-2/h3-12H,1-2H3;2*1-2H3. The van der Waals surface area contributed by atoms with Gasteiger partial charge in [-0.1, -0.05) is 102 Å². The third-order valence-corrected chi connectivity index (χ3v) is 2.99. The molecule has 0 aliphatic carbocycles. The third-order valence-electron chi connectivity index (χ3n) is 2.99. The molecule has 2 aromatic carbocycles. The van der Waals surface area contributed by atoms with Gasteiger partial charge in [0.2, 0.25) is 0 Å². The molecule has 0 N–H and O–H groups in total. The van der Waals surface area contributed by atoms with Crippen molar-refractivity contribution in [2.24, 2.45) is 0 Å². The van der Waals surface area contributed by atoms with Crippen molar-refractivity contribution in [3.05, 3.63) is 71.8 Å². The Balaban J connectivity index is 0.000000741. The minimum absolute atomic E-state index is 0.0858. The van der Waals surface area contributed by atoms with E-state index in [1.807, 2.05) is 27.7 Å². The average Bonchev–Trinajstić information content (AvgIpc) is 2.53. The monoisotopic (exact) mass is 256 g/mol. The Kier molecular flexibility index (Phi) is 8.61. The van der Waals surface area contributed by atoms with Crippen LogP contribution in [0.1, 0.15) is 52.7 Å². The van der Waals surface area contributed by atoms with E-state index in [4.69, 9.17) is 0 Å². The molecule has 104 valence electrons. The van der Waals surface area contributed by atoms with Gasteiger partial charge in [0.1, 0.15) is 0 Å². The van der Waals surface area contributed by atoms with Crippen LogP contribution >= 0.6 is 0 Å². The normalized spacial score (nSPS) is 9.58. The van der Waals surface area contributed by atoms with E-state index < -0.39 is 0 Å². The Morgan fingerprint density at radius 1 is 0.526 bits per heavy atom. The summed E-state index contributed by atoms with van der Waals surface area (Å²) < 4.78 is 0. The minimum Gasteiger partial charge on any atom is -0.0683 e. The van der Waals surface area contributed by atoms with E-state index in [1.165, 1.54) is 11.1 Å². The summed E-state index contributed by atoms with van der Waals surface area (Å²) in [6.07, 6.45) is 0. The van der Waals surface area contributed by atoms with Crippen molar-refractivity contribution in [1.29, 1.82) is 0 Å². The quantitative estimate of drug-likeness (QED) is 0.612. The first-order valence-electron chi connectivity index (χ1n) is 7.32. The number of hydrogen-bond donors (Lipinski definition) is 0. The average molecular weight is 256 g/mol. The first-order chi connectivity index (χ1) is 9.21. The highest BCUT2D eigenvalue weighted by atomic mass is 14.2. The van der Waals surface area contributed by atoms with Crippen LogP contribution in [0.4, 0.5) is 0 Å². The fourth-order valence-electron chi connectivity index (χ4n) is 1.88. The molecule has 19 heavy (non-hydrogen) atoms. The molecule has 0 spiro atoms. The predicted molar refractivity (Wildman–Crippen MR) is 87.7 cm³/mol. The van der Waals surface area contributed by atoms with Gasteiger partial charge in [0.25, 0.3) is 0 Å². The van der Waals surface area contributed by atoms with Crippen molar-refractivity contribution >= 4 is 0 Å². The topological polar surface area (TPSA) is 0 Å². The Bertz CT molecular complexity index is 371. The Morgan fingerprint density at radius 3 is 1.05 bits per heavy atom. The third kappa shape index (κ3) is 4.90. The zero-order valence-electron chi connectivity index (χ0n) is 13.3. The van der Waals surface area contributed by atoms with Crippen LogP contribution < -0.4 is 0 Å². The van der Waals surface area contributed by atoms with Gasteiger partial charge in [-0.25, -0.2) is 0 Å². The largest absolute Gasteiger partial charge is 0.0683 e. The number of benzene rings is 2. The summed E-state index contributed by atoms with van der Waals surface area (Å²) in [5.74, 6) is 0.